The number of thiocarbonyl (C=S) groups is 1. The molecule has 0 radical (unpaired) electrons. The maximum atomic E-state index is 5.17. The Balaban J connectivity index is 1.53. The molecule has 4 aliphatic rings. The molecule has 2 fully saturated rings. The number of hydrogen-bond acceptors (Lipinski definition) is 2. The predicted molar refractivity (Wildman–Crippen MR) is 78.5 cm³/mol. The van der Waals surface area contributed by atoms with E-state index in [1.807, 2.05) is 6.21 Å². The van der Waals surface area contributed by atoms with E-state index >= 15 is 0 Å². The molecule has 0 amide bonds. The zero-order valence-corrected chi connectivity index (χ0v) is 11.9. The standard InChI is InChI=1S/C14H21N3S/c1-14(2)10-4-3-9(12(14)7-10)8-15-17-13(18)16-11-5-6-11/h3,8,10-12H,4-7H2,1-2H3,(H2,16,17,18)/b15-8+. The minimum absolute atomic E-state index is 0.461. The molecule has 0 saturated heterocycles. The summed E-state index contributed by atoms with van der Waals surface area (Å²) in [6.45, 7) is 4.75. The van der Waals surface area contributed by atoms with Crippen LogP contribution < -0.4 is 10.7 Å². The van der Waals surface area contributed by atoms with Crippen molar-refractivity contribution in [2.45, 2.75) is 45.6 Å². The van der Waals surface area contributed by atoms with Gasteiger partial charge in [0.25, 0.3) is 0 Å². The lowest BCUT2D eigenvalue weighted by Crippen LogP contribution is -2.48. The normalized spacial score (nSPS) is 32.7. The van der Waals surface area contributed by atoms with Gasteiger partial charge in [0, 0.05) is 6.04 Å². The van der Waals surface area contributed by atoms with Crippen LogP contribution in [0.15, 0.2) is 16.8 Å². The third kappa shape index (κ3) is 2.18. The van der Waals surface area contributed by atoms with E-state index in [1.165, 1.54) is 31.3 Å². The number of fused-ring (bicyclic) bond motifs is 1. The Morgan fingerprint density at radius 2 is 2.28 bits per heavy atom. The van der Waals surface area contributed by atoms with Crippen LogP contribution in [0.25, 0.3) is 0 Å². The molecular weight excluding hydrogens is 242 g/mol. The Hall–Kier alpha value is -0.900. The molecule has 98 valence electrons. The lowest BCUT2D eigenvalue weighted by Gasteiger charge is -2.55. The second-order valence-corrected chi connectivity index (χ2v) is 6.77. The van der Waals surface area contributed by atoms with Crippen LogP contribution in [0.3, 0.4) is 0 Å². The first-order chi connectivity index (χ1) is 8.57. The van der Waals surface area contributed by atoms with Gasteiger partial charge in [0.2, 0.25) is 0 Å². The molecule has 0 heterocycles. The van der Waals surface area contributed by atoms with Gasteiger partial charge in [0.05, 0.1) is 6.21 Å². The summed E-state index contributed by atoms with van der Waals surface area (Å²) in [5, 5.41) is 8.13. The first-order valence-corrected chi connectivity index (χ1v) is 7.28. The summed E-state index contributed by atoms with van der Waals surface area (Å²) in [5.74, 6) is 1.57. The molecule has 0 aliphatic heterocycles. The Bertz CT molecular complexity index is 421. The molecule has 0 spiro atoms. The highest BCUT2D eigenvalue weighted by molar-refractivity contribution is 7.80. The fraction of sp³-hybridized carbons (Fsp3) is 0.714. The fourth-order valence-corrected chi connectivity index (χ4v) is 3.38. The van der Waals surface area contributed by atoms with Gasteiger partial charge >= 0.3 is 0 Å². The lowest BCUT2D eigenvalue weighted by molar-refractivity contribution is -0.00126. The molecule has 2 bridgehead atoms. The van der Waals surface area contributed by atoms with Crippen molar-refractivity contribution in [3.63, 3.8) is 0 Å². The zero-order valence-electron chi connectivity index (χ0n) is 11.1. The quantitative estimate of drug-likeness (QED) is 0.467. The lowest BCUT2D eigenvalue weighted by atomic mass is 9.49. The molecule has 2 saturated carbocycles. The summed E-state index contributed by atoms with van der Waals surface area (Å²) in [6.07, 6.45) is 9.29. The Kier molecular flexibility index (Phi) is 2.93. The fourth-order valence-electron chi connectivity index (χ4n) is 3.16. The summed E-state index contributed by atoms with van der Waals surface area (Å²) >= 11 is 5.17. The number of hydrogen-bond donors (Lipinski definition) is 2. The third-order valence-electron chi connectivity index (χ3n) is 4.80. The Morgan fingerprint density at radius 3 is 2.89 bits per heavy atom. The van der Waals surface area contributed by atoms with Crippen molar-refractivity contribution < 1.29 is 0 Å². The average Bonchev–Trinajstić information content (AvgIpc) is 3.13. The first-order valence-electron chi connectivity index (χ1n) is 6.87. The second kappa shape index (κ2) is 4.34. The monoisotopic (exact) mass is 263 g/mol. The molecule has 0 aromatic carbocycles. The van der Waals surface area contributed by atoms with Gasteiger partial charge in [0.1, 0.15) is 0 Å². The topological polar surface area (TPSA) is 36.4 Å². The minimum Gasteiger partial charge on any atom is -0.359 e. The largest absolute Gasteiger partial charge is 0.359 e. The predicted octanol–water partition coefficient (Wildman–Crippen LogP) is 2.59. The van der Waals surface area contributed by atoms with Crippen molar-refractivity contribution >= 4 is 23.5 Å². The van der Waals surface area contributed by atoms with E-state index in [2.05, 4.69) is 35.8 Å². The molecule has 3 nitrogen and oxygen atoms in total. The van der Waals surface area contributed by atoms with Crippen LogP contribution in [0, 0.1) is 17.3 Å². The summed E-state index contributed by atoms with van der Waals surface area (Å²) in [7, 11) is 0. The average molecular weight is 263 g/mol. The number of nitrogens with zero attached hydrogens (tertiary/aromatic N) is 1. The van der Waals surface area contributed by atoms with E-state index < -0.39 is 0 Å². The van der Waals surface area contributed by atoms with Crippen molar-refractivity contribution in [1.29, 1.82) is 0 Å². The molecule has 0 aromatic heterocycles. The summed E-state index contributed by atoms with van der Waals surface area (Å²) in [4.78, 5) is 0. The van der Waals surface area contributed by atoms with E-state index in [-0.39, 0.29) is 0 Å². The van der Waals surface area contributed by atoms with E-state index in [1.54, 1.807) is 0 Å². The molecule has 18 heavy (non-hydrogen) atoms. The van der Waals surface area contributed by atoms with Gasteiger partial charge in [-0.15, -0.1) is 0 Å². The van der Waals surface area contributed by atoms with Crippen molar-refractivity contribution in [3.8, 4) is 0 Å². The molecule has 4 heteroatoms. The molecule has 4 aliphatic carbocycles. The molecule has 4 rings (SSSR count). The van der Waals surface area contributed by atoms with Crippen LogP contribution in [-0.2, 0) is 0 Å². The van der Waals surface area contributed by atoms with Gasteiger partial charge in [-0.2, -0.15) is 5.10 Å². The molecule has 2 unspecified atom stereocenters. The summed E-state index contributed by atoms with van der Waals surface area (Å²) in [6, 6.07) is 0.584. The maximum Gasteiger partial charge on any atom is 0.187 e. The van der Waals surface area contributed by atoms with Gasteiger partial charge in [-0.05, 0) is 60.7 Å². The minimum atomic E-state index is 0.461. The van der Waals surface area contributed by atoms with Crippen LogP contribution in [-0.4, -0.2) is 17.4 Å². The SMILES string of the molecule is CC1(C)C2CC=C(/C=N/NC(=S)NC3CC3)C1C2. The van der Waals surface area contributed by atoms with Gasteiger partial charge < -0.3 is 5.32 Å². The number of rotatable bonds is 3. The van der Waals surface area contributed by atoms with Crippen molar-refractivity contribution in [2.24, 2.45) is 22.4 Å². The number of nitrogens with one attached hydrogen (secondary N) is 2. The summed E-state index contributed by atoms with van der Waals surface area (Å²) in [5.41, 5.74) is 4.76. The first kappa shape index (κ1) is 12.2. The van der Waals surface area contributed by atoms with Gasteiger partial charge in [-0.25, -0.2) is 0 Å². The molecule has 2 atom stereocenters. The Morgan fingerprint density at radius 1 is 1.50 bits per heavy atom. The van der Waals surface area contributed by atoms with E-state index in [9.17, 15) is 0 Å². The number of hydrazone groups is 1. The number of allylic oxidation sites excluding steroid dienone is 2. The van der Waals surface area contributed by atoms with Crippen LogP contribution >= 0.6 is 12.2 Å². The van der Waals surface area contributed by atoms with E-state index in [0.717, 1.165) is 5.92 Å². The molecular formula is C14H21N3S. The zero-order chi connectivity index (χ0) is 12.8. The molecule has 2 N–H and O–H groups in total. The maximum absolute atomic E-state index is 5.17. The van der Waals surface area contributed by atoms with Crippen molar-refractivity contribution in [3.05, 3.63) is 11.6 Å². The second-order valence-electron chi connectivity index (χ2n) is 6.36. The van der Waals surface area contributed by atoms with E-state index in [4.69, 9.17) is 12.2 Å². The van der Waals surface area contributed by atoms with Crippen molar-refractivity contribution in [1.82, 2.24) is 10.7 Å². The van der Waals surface area contributed by atoms with Gasteiger partial charge in [-0.3, -0.25) is 5.43 Å². The smallest absolute Gasteiger partial charge is 0.187 e. The van der Waals surface area contributed by atoms with Crippen LogP contribution in [0.1, 0.15) is 39.5 Å². The van der Waals surface area contributed by atoms with Gasteiger partial charge in [-0.1, -0.05) is 19.9 Å². The summed E-state index contributed by atoms with van der Waals surface area (Å²) < 4.78 is 0. The highest BCUT2D eigenvalue weighted by Gasteiger charge is 2.50. The van der Waals surface area contributed by atoms with Crippen LogP contribution in [0.4, 0.5) is 0 Å². The highest BCUT2D eigenvalue weighted by Crippen LogP contribution is 2.58. The molecule has 0 aromatic rings. The highest BCUT2D eigenvalue weighted by atomic mass is 32.1. The van der Waals surface area contributed by atoms with Crippen molar-refractivity contribution in [2.75, 3.05) is 0 Å². The van der Waals surface area contributed by atoms with Crippen LogP contribution in [0.2, 0.25) is 0 Å². The third-order valence-corrected chi connectivity index (χ3v) is 5.01. The van der Waals surface area contributed by atoms with Gasteiger partial charge in [0.15, 0.2) is 5.11 Å². The Labute approximate surface area is 114 Å². The van der Waals surface area contributed by atoms with Crippen LogP contribution in [0.5, 0.6) is 0 Å². The van der Waals surface area contributed by atoms with E-state index in [0.29, 0.717) is 22.5 Å².